The molecule has 0 saturated heterocycles. The van der Waals surface area contributed by atoms with Crippen LogP contribution in [-0.2, 0) is 0 Å². The highest BCUT2D eigenvalue weighted by Crippen LogP contribution is 2.53. The topological polar surface area (TPSA) is 0 Å². The Labute approximate surface area is 147 Å². The average molecular weight is 483 g/mol. The van der Waals surface area contributed by atoms with Crippen molar-refractivity contribution in [2.24, 2.45) is 11.8 Å². The lowest BCUT2D eigenvalue weighted by atomic mass is 9.82. The molecule has 0 saturated carbocycles. The molecule has 2 unspecified atom stereocenters. The molecule has 0 nitrogen and oxygen atoms in total. The lowest BCUT2D eigenvalue weighted by molar-refractivity contribution is -0.353. The van der Waals surface area contributed by atoms with Gasteiger partial charge in [0.25, 0.3) is 5.67 Å². The fourth-order valence-electron chi connectivity index (χ4n) is 2.15. The van der Waals surface area contributed by atoms with E-state index in [2.05, 4.69) is 15.9 Å². The molecule has 14 heteroatoms. The minimum atomic E-state index is -6.78. The van der Waals surface area contributed by atoms with Gasteiger partial charge in [0.05, 0.1) is 11.8 Å². The molecule has 0 aromatic carbocycles. The van der Waals surface area contributed by atoms with Crippen molar-refractivity contribution in [3.05, 3.63) is 0 Å². The predicted molar refractivity (Wildman–Crippen MR) is 67.3 cm³/mol. The lowest BCUT2D eigenvalue weighted by Gasteiger charge is -2.35. The van der Waals surface area contributed by atoms with E-state index >= 15 is 0 Å². The standard InChI is InChI=1S/C12H12BrF13/c13-3-1-2-6(9(15,16)17)4-7(10(18,19)20)5-8(14,11(21,22)23)12(24,25)26/h6-7H,1-5H2. The highest BCUT2D eigenvalue weighted by Gasteiger charge is 2.74. The summed E-state index contributed by atoms with van der Waals surface area (Å²) < 4.78 is 165. The zero-order valence-electron chi connectivity index (χ0n) is 12.5. The molecule has 0 radical (unpaired) electrons. The summed E-state index contributed by atoms with van der Waals surface area (Å²) in [5.74, 6) is -6.63. The largest absolute Gasteiger partial charge is 0.431 e. The summed E-state index contributed by atoms with van der Waals surface area (Å²) in [6, 6.07) is 0. The Bertz CT molecular complexity index is 416. The van der Waals surface area contributed by atoms with Crippen LogP contribution >= 0.6 is 15.9 Å². The molecule has 158 valence electrons. The molecule has 0 aliphatic heterocycles. The number of alkyl halides is 14. The van der Waals surface area contributed by atoms with Gasteiger partial charge in [-0.2, -0.15) is 52.7 Å². The van der Waals surface area contributed by atoms with E-state index in [4.69, 9.17) is 0 Å². The molecule has 0 fully saturated rings. The van der Waals surface area contributed by atoms with Crippen molar-refractivity contribution < 1.29 is 57.1 Å². The van der Waals surface area contributed by atoms with Crippen LogP contribution in [0.25, 0.3) is 0 Å². The molecule has 2 atom stereocenters. The van der Waals surface area contributed by atoms with Crippen molar-refractivity contribution in [2.45, 2.75) is 56.1 Å². The summed E-state index contributed by atoms with van der Waals surface area (Å²) in [5.41, 5.74) is -6.29. The zero-order valence-corrected chi connectivity index (χ0v) is 14.1. The molecule has 0 rings (SSSR count). The summed E-state index contributed by atoms with van der Waals surface area (Å²) in [7, 11) is 0. The van der Waals surface area contributed by atoms with Gasteiger partial charge in [-0.1, -0.05) is 15.9 Å². The summed E-state index contributed by atoms with van der Waals surface area (Å²) in [4.78, 5) is 0. The van der Waals surface area contributed by atoms with Crippen molar-refractivity contribution in [3.8, 4) is 0 Å². The first-order chi connectivity index (χ1) is 11.3. The maximum absolute atomic E-state index is 13.5. The first-order valence-corrected chi connectivity index (χ1v) is 7.91. The van der Waals surface area contributed by atoms with Crippen LogP contribution in [-0.4, -0.2) is 35.7 Å². The summed E-state index contributed by atoms with van der Waals surface area (Å²) >= 11 is 2.70. The lowest BCUT2D eigenvalue weighted by Crippen LogP contribution is -2.55. The first-order valence-electron chi connectivity index (χ1n) is 6.79. The van der Waals surface area contributed by atoms with Crippen LogP contribution in [0.1, 0.15) is 25.7 Å². The van der Waals surface area contributed by atoms with Crippen molar-refractivity contribution in [3.63, 3.8) is 0 Å². The van der Waals surface area contributed by atoms with Crippen molar-refractivity contribution in [2.75, 3.05) is 5.33 Å². The van der Waals surface area contributed by atoms with Gasteiger partial charge in [0.2, 0.25) is 0 Å². The minimum Gasteiger partial charge on any atom is -0.224 e. The second kappa shape index (κ2) is 8.29. The van der Waals surface area contributed by atoms with E-state index in [0.717, 1.165) is 0 Å². The third kappa shape index (κ3) is 6.63. The molecule has 0 N–H and O–H groups in total. The summed E-state index contributed by atoms with van der Waals surface area (Å²) in [6.45, 7) is 0. The first kappa shape index (κ1) is 25.6. The molecule has 0 spiro atoms. The van der Waals surface area contributed by atoms with E-state index in [-0.39, 0.29) is 11.8 Å². The smallest absolute Gasteiger partial charge is 0.224 e. The van der Waals surface area contributed by atoms with Gasteiger partial charge in [0.1, 0.15) is 0 Å². The molecule has 26 heavy (non-hydrogen) atoms. The maximum Gasteiger partial charge on any atom is 0.431 e. The average Bonchev–Trinajstić information content (AvgIpc) is 2.36. The number of rotatable bonds is 7. The molecular weight excluding hydrogens is 471 g/mol. The van der Waals surface area contributed by atoms with Gasteiger partial charge < -0.3 is 0 Å². The van der Waals surface area contributed by atoms with E-state index in [9.17, 15) is 57.1 Å². The molecule has 0 amide bonds. The van der Waals surface area contributed by atoms with Gasteiger partial charge in [-0.05, 0) is 19.3 Å². The van der Waals surface area contributed by atoms with E-state index in [1.165, 1.54) is 0 Å². The van der Waals surface area contributed by atoms with Crippen LogP contribution < -0.4 is 0 Å². The normalized spacial score (nSPS) is 17.3. The van der Waals surface area contributed by atoms with Crippen molar-refractivity contribution in [1.82, 2.24) is 0 Å². The zero-order chi connectivity index (χ0) is 21.2. The number of hydrogen-bond acceptors (Lipinski definition) is 0. The van der Waals surface area contributed by atoms with E-state index in [1.54, 1.807) is 0 Å². The molecule has 0 aromatic heterocycles. The number of hydrogen-bond donors (Lipinski definition) is 0. The quantitative estimate of drug-likeness (QED) is 0.267. The Morgan fingerprint density at radius 1 is 0.615 bits per heavy atom. The van der Waals surface area contributed by atoms with Gasteiger partial charge in [-0.25, -0.2) is 4.39 Å². The monoisotopic (exact) mass is 482 g/mol. The minimum absolute atomic E-state index is 0.0889. The van der Waals surface area contributed by atoms with Crippen LogP contribution in [0, 0.1) is 11.8 Å². The van der Waals surface area contributed by atoms with Crippen molar-refractivity contribution >= 4 is 15.9 Å². The molecule has 0 bridgehead atoms. The van der Waals surface area contributed by atoms with Gasteiger partial charge in [0.15, 0.2) is 0 Å². The highest BCUT2D eigenvalue weighted by atomic mass is 79.9. The van der Waals surface area contributed by atoms with Crippen LogP contribution in [0.2, 0.25) is 0 Å². The third-order valence-electron chi connectivity index (χ3n) is 3.61. The SMILES string of the molecule is FC(F)(F)C(CCCBr)CC(CC(F)(C(F)(F)F)C(F)(F)F)C(F)(F)F. The van der Waals surface area contributed by atoms with E-state index in [0.29, 0.717) is 0 Å². The van der Waals surface area contributed by atoms with Crippen LogP contribution in [0.15, 0.2) is 0 Å². The van der Waals surface area contributed by atoms with Gasteiger partial charge in [-0.3, -0.25) is 0 Å². The Morgan fingerprint density at radius 2 is 1.00 bits per heavy atom. The third-order valence-corrected chi connectivity index (χ3v) is 4.17. The Hall–Kier alpha value is -0.430. The van der Waals surface area contributed by atoms with Gasteiger partial charge >= 0.3 is 24.7 Å². The number of halogens is 14. The second-order valence-corrected chi connectivity index (χ2v) is 6.34. The Kier molecular flexibility index (Phi) is 8.16. The fraction of sp³-hybridized carbons (Fsp3) is 1.00. The molecule has 0 heterocycles. The summed E-state index contributed by atoms with van der Waals surface area (Å²) in [5, 5.41) is -0.0889. The Balaban J connectivity index is 5.83. The van der Waals surface area contributed by atoms with Crippen LogP contribution in [0.5, 0.6) is 0 Å². The van der Waals surface area contributed by atoms with Crippen LogP contribution in [0.3, 0.4) is 0 Å². The maximum atomic E-state index is 13.5. The second-order valence-electron chi connectivity index (χ2n) is 5.54. The van der Waals surface area contributed by atoms with E-state index < -0.39 is 61.5 Å². The van der Waals surface area contributed by atoms with Gasteiger partial charge in [-0.15, -0.1) is 0 Å². The van der Waals surface area contributed by atoms with E-state index in [1.807, 2.05) is 0 Å². The molecular formula is C12H12BrF13. The highest BCUT2D eigenvalue weighted by molar-refractivity contribution is 9.09. The summed E-state index contributed by atoms with van der Waals surface area (Å²) in [6.07, 6.45) is -31.4. The van der Waals surface area contributed by atoms with Crippen molar-refractivity contribution in [1.29, 1.82) is 0 Å². The molecule has 0 aliphatic carbocycles. The van der Waals surface area contributed by atoms with Crippen LogP contribution in [0.4, 0.5) is 57.1 Å². The van der Waals surface area contributed by atoms with Gasteiger partial charge in [0, 0.05) is 11.8 Å². The molecule has 0 aromatic rings. The molecule has 0 aliphatic rings. The Morgan fingerprint density at radius 3 is 1.27 bits per heavy atom. The fourth-order valence-corrected chi connectivity index (χ4v) is 2.47. The predicted octanol–water partition coefficient (Wildman–Crippen LogP) is 7.13.